The van der Waals surface area contributed by atoms with Crippen LogP contribution in [0, 0.1) is 24.1 Å². The number of halogens is 1. The highest BCUT2D eigenvalue weighted by Crippen LogP contribution is 2.12. The van der Waals surface area contributed by atoms with Gasteiger partial charge >= 0.3 is 0 Å². The second kappa shape index (κ2) is 9.92. The van der Waals surface area contributed by atoms with Crippen molar-refractivity contribution in [2.75, 3.05) is 19.7 Å². The number of amides is 2. The van der Waals surface area contributed by atoms with Gasteiger partial charge in [0.05, 0.1) is 12.5 Å². The van der Waals surface area contributed by atoms with Crippen LogP contribution in [-0.2, 0) is 11.2 Å². The normalized spacial score (nSPS) is 9.96. The Hall–Kier alpha value is -3.40. The van der Waals surface area contributed by atoms with Crippen LogP contribution in [0.3, 0.4) is 0 Å². The molecule has 2 aromatic carbocycles. The minimum atomic E-state index is -0.436. The summed E-state index contributed by atoms with van der Waals surface area (Å²) in [6.45, 7) is 1.90. The van der Waals surface area contributed by atoms with Gasteiger partial charge in [-0.25, -0.2) is 4.39 Å². The number of nitriles is 1. The number of nitrogens with one attached hydrogen (secondary N) is 2. The van der Waals surface area contributed by atoms with Gasteiger partial charge in [0.15, 0.2) is 6.61 Å². The first kappa shape index (κ1) is 19.9. The molecule has 0 aliphatic rings. The molecule has 0 saturated carbocycles. The van der Waals surface area contributed by atoms with Crippen molar-refractivity contribution in [2.24, 2.45) is 0 Å². The molecule has 0 fully saturated rings. The summed E-state index contributed by atoms with van der Waals surface area (Å²) in [6.07, 6.45) is 0.321. The fraction of sp³-hybridized carbons (Fsp3) is 0.250. The van der Waals surface area contributed by atoms with Crippen LogP contribution in [0.5, 0.6) is 5.75 Å². The van der Waals surface area contributed by atoms with E-state index >= 15 is 0 Å². The topological polar surface area (TPSA) is 91.2 Å². The summed E-state index contributed by atoms with van der Waals surface area (Å²) >= 11 is 0. The number of benzene rings is 2. The van der Waals surface area contributed by atoms with Gasteiger partial charge in [0, 0.05) is 18.7 Å². The third-order valence-corrected chi connectivity index (χ3v) is 3.74. The molecular formula is C20H20FN3O3. The Labute approximate surface area is 157 Å². The van der Waals surface area contributed by atoms with E-state index in [2.05, 4.69) is 16.7 Å². The van der Waals surface area contributed by atoms with E-state index in [1.807, 2.05) is 0 Å². The van der Waals surface area contributed by atoms with Crippen LogP contribution in [-0.4, -0.2) is 31.5 Å². The zero-order chi connectivity index (χ0) is 19.6. The maximum atomic E-state index is 13.5. The first-order chi connectivity index (χ1) is 13.0. The molecule has 0 bridgehead atoms. The zero-order valence-electron chi connectivity index (χ0n) is 14.9. The van der Waals surface area contributed by atoms with Crippen molar-refractivity contribution in [3.05, 3.63) is 65.0 Å². The van der Waals surface area contributed by atoms with Crippen LogP contribution in [0.15, 0.2) is 42.5 Å². The Morgan fingerprint density at radius 1 is 1.11 bits per heavy atom. The molecule has 6 nitrogen and oxygen atoms in total. The molecule has 0 heterocycles. The number of ether oxygens (including phenoxy) is 1. The number of nitrogens with zero attached hydrogens (tertiary/aromatic N) is 1. The molecule has 2 aromatic rings. The van der Waals surface area contributed by atoms with E-state index in [9.17, 15) is 14.0 Å². The minimum Gasteiger partial charge on any atom is -0.484 e. The SMILES string of the molecule is Cc1ccc(C(=O)NCCNC(=O)COc2ccc(CC#N)cc2)cc1F. The molecule has 0 saturated heterocycles. The molecular weight excluding hydrogens is 349 g/mol. The lowest BCUT2D eigenvalue weighted by Gasteiger charge is -2.09. The van der Waals surface area contributed by atoms with E-state index in [0.29, 0.717) is 17.7 Å². The van der Waals surface area contributed by atoms with Crippen LogP contribution >= 0.6 is 0 Å². The van der Waals surface area contributed by atoms with Crippen molar-refractivity contribution in [2.45, 2.75) is 13.3 Å². The van der Waals surface area contributed by atoms with Gasteiger partial charge in [-0.05, 0) is 42.3 Å². The highest BCUT2D eigenvalue weighted by molar-refractivity contribution is 5.94. The molecule has 0 aliphatic heterocycles. The van der Waals surface area contributed by atoms with Crippen molar-refractivity contribution in [1.29, 1.82) is 5.26 Å². The van der Waals surface area contributed by atoms with Crippen LogP contribution in [0.1, 0.15) is 21.5 Å². The van der Waals surface area contributed by atoms with Crippen LogP contribution < -0.4 is 15.4 Å². The van der Waals surface area contributed by atoms with Crippen molar-refractivity contribution >= 4 is 11.8 Å². The standard InChI is InChI=1S/C20H20FN3O3/c1-14-2-5-16(12-18(14)21)20(26)24-11-10-23-19(25)13-27-17-6-3-15(4-7-17)8-9-22/h2-7,12H,8,10-11,13H2,1H3,(H,23,25)(H,24,26). The number of carbonyl (C=O) groups excluding carboxylic acids is 2. The van der Waals surface area contributed by atoms with Crippen LogP contribution in [0.4, 0.5) is 4.39 Å². The first-order valence-electron chi connectivity index (χ1n) is 8.39. The van der Waals surface area contributed by atoms with E-state index < -0.39 is 11.7 Å². The highest BCUT2D eigenvalue weighted by atomic mass is 19.1. The average molecular weight is 369 g/mol. The Morgan fingerprint density at radius 3 is 2.48 bits per heavy atom. The van der Waals surface area contributed by atoms with Crippen molar-refractivity contribution in [3.63, 3.8) is 0 Å². The molecule has 0 unspecified atom stereocenters. The summed E-state index contributed by atoms with van der Waals surface area (Å²) in [7, 11) is 0. The molecule has 2 rings (SSSR count). The Kier molecular flexibility index (Phi) is 7.32. The molecule has 0 radical (unpaired) electrons. The molecule has 0 aromatic heterocycles. The predicted molar refractivity (Wildman–Crippen MR) is 97.7 cm³/mol. The first-order valence-corrected chi connectivity index (χ1v) is 8.39. The van der Waals surface area contributed by atoms with Gasteiger partial charge in [0.25, 0.3) is 11.8 Å². The summed E-state index contributed by atoms with van der Waals surface area (Å²) in [6, 6.07) is 13.2. The van der Waals surface area contributed by atoms with E-state index in [1.165, 1.54) is 12.1 Å². The molecule has 7 heteroatoms. The molecule has 0 atom stereocenters. The van der Waals surface area contributed by atoms with Gasteiger partial charge in [-0.3, -0.25) is 9.59 Å². The third kappa shape index (κ3) is 6.44. The predicted octanol–water partition coefficient (Wildman–Crippen LogP) is 2.13. The largest absolute Gasteiger partial charge is 0.484 e. The van der Waals surface area contributed by atoms with Gasteiger partial charge < -0.3 is 15.4 Å². The quantitative estimate of drug-likeness (QED) is 0.698. The molecule has 2 N–H and O–H groups in total. The minimum absolute atomic E-state index is 0.158. The summed E-state index contributed by atoms with van der Waals surface area (Å²) in [5, 5.41) is 13.8. The fourth-order valence-corrected chi connectivity index (χ4v) is 2.21. The van der Waals surface area contributed by atoms with Gasteiger partial charge in [0.2, 0.25) is 0 Å². The lowest BCUT2D eigenvalue weighted by atomic mass is 10.1. The van der Waals surface area contributed by atoms with Crippen LogP contribution in [0.25, 0.3) is 0 Å². The zero-order valence-corrected chi connectivity index (χ0v) is 14.9. The summed E-state index contributed by atoms with van der Waals surface area (Å²) in [5.74, 6) is -0.640. The average Bonchev–Trinajstić information content (AvgIpc) is 2.67. The van der Waals surface area contributed by atoms with Gasteiger partial charge in [-0.2, -0.15) is 5.26 Å². The second-order valence-corrected chi connectivity index (χ2v) is 5.84. The molecule has 27 heavy (non-hydrogen) atoms. The monoisotopic (exact) mass is 369 g/mol. The van der Waals surface area contributed by atoms with Crippen LogP contribution in [0.2, 0.25) is 0 Å². The van der Waals surface area contributed by atoms with E-state index in [1.54, 1.807) is 37.3 Å². The molecule has 140 valence electrons. The Balaban J connectivity index is 1.66. The molecule has 0 spiro atoms. The van der Waals surface area contributed by atoms with Gasteiger partial charge in [0.1, 0.15) is 11.6 Å². The number of hydrogen-bond acceptors (Lipinski definition) is 4. The lowest BCUT2D eigenvalue weighted by molar-refractivity contribution is -0.123. The molecule has 0 aliphatic carbocycles. The third-order valence-electron chi connectivity index (χ3n) is 3.74. The number of carbonyl (C=O) groups is 2. The lowest BCUT2D eigenvalue weighted by Crippen LogP contribution is -2.36. The number of hydrogen-bond donors (Lipinski definition) is 2. The van der Waals surface area contributed by atoms with Gasteiger partial charge in [-0.15, -0.1) is 0 Å². The van der Waals surface area contributed by atoms with Gasteiger partial charge in [-0.1, -0.05) is 18.2 Å². The second-order valence-electron chi connectivity index (χ2n) is 5.84. The fourth-order valence-electron chi connectivity index (χ4n) is 2.21. The smallest absolute Gasteiger partial charge is 0.258 e. The number of rotatable bonds is 8. The summed E-state index contributed by atoms with van der Waals surface area (Å²) in [5.41, 5.74) is 1.57. The maximum absolute atomic E-state index is 13.5. The molecule has 2 amide bonds. The van der Waals surface area contributed by atoms with E-state index in [4.69, 9.17) is 10.00 Å². The van der Waals surface area contributed by atoms with E-state index in [-0.39, 0.29) is 31.2 Å². The summed E-state index contributed by atoms with van der Waals surface area (Å²) in [4.78, 5) is 23.6. The highest BCUT2D eigenvalue weighted by Gasteiger charge is 2.08. The van der Waals surface area contributed by atoms with Crippen molar-refractivity contribution < 1.29 is 18.7 Å². The maximum Gasteiger partial charge on any atom is 0.258 e. The van der Waals surface area contributed by atoms with E-state index in [0.717, 1.165) is 5.56 Å². The van der Waals surface area contributed by atoms with Crippen molar-refractivity contribution in [3.8, 4) is 11.8 Å². The van der Waals surface area contributed by atoms with Crippen molar-refractivity contribution in [1.82, 2.24) is 10.6 Å². The summed E-state index contributed by atoms with van der Waals surface area (Å²) < 4.78 is 18.8. The Bertz CT molecular complexity index is 845. The number of aryl methyl sites for hydroxylation is 1. The Morgan fingerprint density at radius 2 is 1.81 bits per heavy atom.